The molecule has 10 heteroatoms. The molecule has 2 fully saturated rings. The largest absolute Gasteiger partial charge is 0.378 e. The molecule has 0 atom stereocenters. The number of carbonyl (C=O) groups is 1. The minimum Gasteiger partial charge on any atom is -0.378 e. The predicted molar refractivity (Wildman–Crippen MR) is 123 cm³/mol. The lowest BCUT2D eigenvalue weighted by Gasteiger charge is -2.28. The van der Waals surface area contributed by atoms with Gasteiger partial charge in [0.05, 0.1) is 26.1 Å². The summed E-state index contributed by atoms with van der Waals surface area (Å²) in [6.45, 7) is 5.68. The molecule has 5 rings (SSSR count). The van der Waals surface area contributed by atoms with Crippen LogP contribution >= 0.6 is 0 Å². The van der Waals surface area contributed by atoms with E-state index in [2.05, 4.69) is 30.1 Å². The van der Waals surface area contributed by atoms with Crippen LogP contribution in [-0.4, -0.2) is 69.8 Å². The Labute approximate surface area is 192 Å². The highest BCUT2D eigenvalue weighted by Crippen LogP contribution is 2.19. The van der Waals surface area contributed by atoms with Crippen LogP contribution in [0.2, 0.25) is 0 Å². The highest BCUT2D eigenvalue weighted by molar-refractivity contribution is 5.94. The van der Waals surface area contributed by atoms with E-state index in [1.807, 2.05) is 35.0 Å². The van der Waals surface area contributed by atoms with Crippen molar-refractivity contribution < 1.29 is 9.53 Å². The first-order valence-electron chi connectivity index (χ1n) is 11.4. The molecule has 3 aromatic rings. The molecule has 4 heterocycles. The number of nitrogens with zero attached hydrogens (tertiary/aromatic N) is 7. The number of amides is 1. The number of nitrogens with one attached hydrogen (secondary N) is 1. The normalized spacial score (nSPS) is 16.2. The average Bonchev–Trinajstić information content (AvgIpc) is 3.58. The van der Waals surface area contributed by atoms with Gasteiger partial charge in [0.15, 0.2) is 5.82 Å². The standard InChI is InChI=1S/C23H28N8O2/c32-21(19-5-3-18(4-6-19)16-29-10-7-24-17-29)25-15-20-26-22(30-8-1-2-9-30)28-23(27-20)31-11-13-33-14-12-31/h3-7,10,17H,1-2,8-9,11-16H2,(H,25,32). The van der Waals surface area contributed by atoms with Crippen molar-refractivity contribution in [1.29, 1.82) is 0 Å². The first kappa shape index (κ1) is 21.3. The Hall–Kier alpha value is -3.53. The van der Waals surface area contributed by atoms with Crippen molar-refractivity contribution in [3.05, 3.63) is 59.9 Å². The Morgan fingerprint density at radius 1 is 0.939 bits per heavy atom. The van der Waals surface area contributed by atoms with E-state index in [4.69, 9.17) is 9.72 Å². The van der Waals surface area contributed by atoms with Gasteiger partial charge in [-0.05, 0) is 30.5 Å². The van der Waals surface area contributed by atoms with Gasteiger partial charge < -0.3 is 24.4 Å². The summed E-state index contributed by atoms with van der Waals surface area (Å²) < 4.78 is 7.45. The number of hydrogen-bond acceptors (Lipinski definition) is 8. The van der Waals surface area contributed by atoms with E-state index in [0.717, 1.165) is 51.1 Å². The Morgan fingerprint density at radius 3 is 2.30 bits per heavy atom. The van der Waals surface area contributed by atoms with Crippen LogP contribution in [0, 0.1) is 0 Å². The monoisotopic (exact) mass is 448 g/mol. The molecular formula is C23H28N8O2. The van der Waals surface area contributed by atoms with Gasteiger partial charge in [-0.1, -0.05) is 12.1 Å². The first-order valence-corrected chi connectivity index (χ1v) is 11.4. The van der Waals surface area contributed by atoms with Crippen LogP contribution in [-0.2, 0) is 17.8 Å². The van der Waals surface area contributed by atoms with Gasteiger partial charge in [0.25, 0.3) is 5.91 Å². The van der Waals surface area contributed by atoms with E-state index in [-0.39, 0.29) is 12.5 Å². The Kier molecular flexibility index (Phi) is 6.43. The summed E-state index contributed by atoms with van der Waals surface area (Å²) in [7, 11) is 0. The van der Waals surface area contributed by atoms with Gasteiger partial charge >= 0.3 is 0 Å². The average molecular weight is 449 g/mol. The third-order valence-electron chi connectivity index (χ3n) is 5.89. The molecule has 0 bridgehead atoms. The van der Waals surface area contributed by atoms with Gasteiger partial charge in [0.2, 0.25) is 11.9 Å². The molecule has 0 radical (unpaired) electrons. The van der Waals surface area contributed by atoms with Gasteiger partial charge in [0, 0.05) is 50.7 Å². The van der Waals surface area contributed by atoms with Crippen molar-refractivity contribution in [1.82, 2.24) is 29.8 Å². The zero-order chi connectivity index (χ0) is 22.5. The number of hydrogen-bond donors (Lipinski definition) is 1. The second-order valence-electron chi connectivity index (χ2n) is 8.26. The summed E-state index contributed by atoms with van der Waals surface area (Å²) in [5, 5.41) is 2.96. The van der Waals surface area contributed by atoms with Crippen molar-refractivity contribution in [3.63, 3.8) is 0 Å². The molecule has 0 unspecified atom stereocenters. The second-order valence-corrected chi connectivity index (χ2v) is 8.26. The number of carbonyl (C=O) groups excluding carboxylic acids is 1. The molecule has 0 spiro atoms. The van der Waals surface area contributed by atoms with Gasteiger partial charge in [-0.2, -0.15) is 15.0 Å². The van der Waals surface area contributed by atoms with E-state index in [1.165, 1.54) is 0 Å². The van der Waals surface area contributed by atoms with Gasteiger partial charge in [-0.3, -0.25) is 4.79 Å². The highest BCUT2D eigenvalue weighted by Gasteiger charge is 2.21. The number of aromatic nitrogens is 5. The van der Waals surface area contributed by atoms with Gasteiger partial charge in [-0.25, -0.2) is 4.98 Å². The number of benzene rings is 1. The van der Waals surface area contributed by atoms with Crippen molar-refractivity contribution in [2.45, 2.75) is 25.9 Å². The van der Waals surface area contributed by atoms with Crippen LogP contribution in [0.25, 0.3) is 0 Å². The third kappa shape index (κ3) is 5.28. The van der Waals surface area contributed by atoms with E-state index >= 15 is 0 Å². The SMILES string of the molecule is O=C(NCc1nc(N2CCCC2)nc(N2CCOCC2)n1)c1ccc(Cn2ccnc2)cc1. The lowest BCUT2D eigenvalue weighted by atomic mass is 10.1. The van der Waals surface area contributed by atoms with Crippen molar-refractivity contribution in [3.8, 4) is 0 Å². The molecule has 2 aromatic heterocycles. The molecule has 1 amide bonds. The number of rotatable bonds is 7. The molecule has 0 saturated carbocycles. The summed E-state index contributed by atoms with van der Waals surface area (Å²) in [5.74, 6) is 1.76. The van der Waals surface area contributed by atoms with Crippen LogP contribution in [0.15, 0.2) is 43.0 Å². The number of morpholine rings is 1. The van der Waals surface area contributed by atoms with Crippen LogP contribution in [0.1, 0.15) is 34.6 Å². The smallest absolute Gasteiger partial charge is 0.251 e. The summed E-state index contributed by atoms with van der Waals surface area (Å²) in [6, 6.07) is 7.59. The number of imidazole rings is 1. The fourth-order valence-corrected chi connectivity index (χ4v) is 4.05. The molecule has 2 aliphatic heterocycles. The quantitative estimate of drug-likeness (QED) is 0.580. The lowest BCUT2D eigenvalue weighted by Crippen LogP contribution is -2.38. The Balaban J connectivity index is 1.26. The zero-order valence-electron chi connectivity index (χ0n) is 18.6. The molecule has 10 nitrogen and oxygen atoms in total. The van der Waals surface area contributed by atoms with Gasteiger partial charge in [0.1, 0.15) is 0 Å². The fourth-order valence-electron chi connectivity index (χ4n) is 4.05. The van der Waals surface area contributed by atoms with Crippen LogP contribution < -0.4 is 15.1 Å². The Bertz CT molecular complexity index is 1060. The molecule has 172 valence electrons. The second kappa shape index (κ2) is 9.95. The van der Waals surface area contributed by atoms with E-state index in [1.54, 1.807) is 12.5 Å². The molecule has 1 aromatic carbocycles. The Morgan fingerprint density at radius 2 is 1.64 bits per heavy atom. The van der Waals surface area contributed by atoms with Gasteiger partial charge in [-0.15, -0.1) is 0 Å². The number of ether oxygens (including phenoxy) is 1. The van der Waals surface area contributed by atoms with Crippen molar-refractivity contribution in [2.75, 3.05) is 49.2 Å². The molecule has 1 N–H and O–H groups in total. The molecule has 33 heavy (non-hydrogen) atoms. The molecule has 0 aliphatic carbocycles. The van der Waals surface area contributed by atoms with Crippen LogP contribution in [0.4, 0.5) is 11.9 Å². The fraction of sp³-hybridized carbons (Fsp3) is 0.435. The maximum absolute atomic E-state index is 12.7. The summed E-state index contributed by atoms with van der Waals surface area (Å²) in [4.78, 5) is 35.1. The minimum absolute atomic E-state index is 0.153. The first-order chi connectivity index (χ1) is 16.2. The highest BCUT2D eigenvalue weighted by atomic mass is 16.5. The predicted octanol–water partition coefficient (Wildman–Crippen LogP) is 1.48. The van der Waals surface area contributed by atoms with E-state index in [0.29, 0.717) is 36.5 Å². The molecular weight excluding hydrogens is 420 g/mol. The van der Waals surface area contributed by atoms with Crippen LogP contribution in [0.3, 0.4) is 0 Å². The van der Waals surface area contributed by atoms with Crippen molar-refractivity contribution >= 4 is 17.8 Å². The topological polar surface area (TPSA) is 101 Å². The maximum Gasteiger partial charge on any atom is 0.251 e. The van der Waals surface area contributed by atoms with E-state index in [9.17, 15) is 4.79 Å². The minimum atomic E-state index is -0.153. The third-order valence-corrected chi connectivity index (χ3v) is 5.89. The van der Waals surface area contributed by atoms with Crippen LogP contribution in [0.5, 0.6) is 0 Å². The number of anilines is 2. The van der Waals surface area contributed by atoms with E-state index < -0.39 is 0 Å². The maximum atomic E-state index is 12.7. The zero-order valence-corrected chi connectivity index (χ0v) is 18.6. The summed E-state index contributed by atoms with van der Waals surface area (Å²) in [5.41, 5.74) is 1.71. The molecule has 2 aliphatic rings. The molecule has 2 saturated heterocycles. The summed E-state index contributed by atoms with van der Waals surface area (Å²) in [6.07, 6.45) is 7.72. The van der Waals surface area contributed by atoms with Crippen molar-refractivity contribution in [2.24, 2.45) is 0 Å². The summed E-state index contributed by atoms with van der Waals surface area (Å²) >= 11 is 0. The lowest BCUT2D eigenvalue weighted by molar-refractivity contribution is 0.0950.